The average molecular weight is 353 g/mol. The number of nitrogens with two attached hydrogens (primary N) is 1. The van der Waals surface area contributed by atoms with Gasteiger partial charge in [0.15, 0.2) is 6.10 Å². The van der Waals surface area contributed by atoms with Crippen LogP contribution < -0.4 is 15.4 Å². The highest BCUT2D eigenvalue weighted by Crippen LogP contribution is 2.18. The zero-order valence-corrected chi connectivity index (χ0v) is 14.8. The van der Waals surface area contributed by atoms with Crippen LogP contribution in [0.1, 0.15) is 17.3 Å². The highest BCUT2D eigenvalue weighted by molar-refractivity contribution is 5.92. The van der Waals surface area contributed by atoms with E-state index in [0.717, 1.165) is 13.1 Å². The summed E-state index contributed by atoms with van der Waals surface area (Å²) < 4.78 is 5.72. The smallest absolute Gasteiger partial charge is 0.263 e. The molecule has 1 unspecified atom stereocenters. The fourth-order valence-electron chi connectivity index (χ4n) is 3.03. The Morgan fingerprint density at radius 1 is 0.962 bits per heavy atom. The Morgan fingerprint density at radius 3 is 2.15 bits per heavy atom. The van der Waals surface area contributed by atoms with Crippen molar-refractivity contribution < 1.29 is 14.3 Å². The highest BCUT2D eigenvalue weighted by atomic mass is 16.5. The van der Waals surface area contributed by atoms with Crippen LogP contribution in [0.15, 0.2) is 54.6 Å². The van der Waals surface area contributed by atoms with Crippen LogP contribution in [0.4, 0.5) is 5.69 Å². The molecule has 1 atom stereocenters. The number of amides is 2. The molecule has 0 saturated carbocycles. The minimum Gasteiger partial charge on any atom is -0.481 e. The first kappa shape index (κ1) is 17.8. The summed E-state index contributed by atoms with van der Waals surface area (Å²) in [4.78, 5) is 27.8. The van der Waals surface area contributed by atoms with Gasteiger partial charge in [0, 0.05) is 37.4 Å². The molecular weight excluding hydrogens is 330 g/mol. The van der Waals surface area contributed by atoms with Crippen LogP contribution in [-0.4, -0.2) is 49.0 Å². The maximum Gasteiger partial charge on any atom is 0.263 e. The van der Waals surface area contributed by atoms with E-state index in [1.54, 1.807) is 31.2 Å². The maximum atomic E-state index is 12.6. The van der Waals surface area contributed by atoms with Crippen molar-refractivity contribution in [3.05, 3.63) is 60.2 Å². The summed E-state index contributed by atoms with van der Waals surface area (Å²) in [6.07, 6.45) is -0.585. The average Bonchev–Trinajstić information content (AvgIpc) is 2.68. The lowest BCUT2D eigenvalue weighted by atomic mass is 10.2. The van der Waals surface area contributed by atoms with Gasteiger partial charge in [0.25, 0.3) is 5.91 Å². The van der Waals surface area contributed by atoms with E-state index in [0.29, 0.717) is 24.4 Å². The number of piperazine rings is 1. The number of ether oxygens (including phenoxy) is 1. The minimum absolute atomic E-state index is 0.0308. The van der Waals surface area contributed by atoms with Gasteiger partial charge in [0.2, 0.25) is 5.91 Å². The first-order valence-electron chi connectivity index (χ1n) is 8.70. The number of primary amides is 1. The molecule has 3 rings (SSSR count). The number of carbonyl (C=O) groups excluding carboxylic acids is 2. The molecule has 2 aromatic carbocycles. The Morgan fingerprint density at radius 2 is 1.58 bits per heavy atom. The second-order valence-corrected chi connectivity index (χ2v) is 6.30. The third kappa shape index (κ3) is 4.14. The van der Waals surface area contributed by atoms with E-state index < -0.39 is 12.0 Å². The van der Waals surface area contributed by atoms with Crippen molar-refractivity contribution in [2.45, 2.75) is 13.0 Å². The summed E-state index contributed by atoms with van der Waals surface area (Å²) in [7, 11) is 0. The standard InChI is InChI=1S/C20H23N3O3/c1-15(26-18-9-7-16(8-10-18)19(21)24)20(25)23-13-11-22(12-14-23)17-5-3-2-4-6-17/h2-10,15H,11-14H2,1H3,(H2,21,24). The van der Waals surface area contributed by atoms with E-state index in [4.69, 9.17) is 10.5 Å². The van der Waals surface area contributed by atoms with Crippen LogP contribution >= 0.6 is 0 Å². The van der Waals surface area contributed by atoms with Gasteiger partial charge in [0.1, 0.15) is 5.75 Å². The number of nitrogens with zero attached hydrogens (tertiary/aromatic N) is 2. The van der Waals surface area contributed by atoms with Crippen LogP contribution in [0.25, 0.3) is 0 Å². The van der Waals surface area contributed by atoms with Crippen molar-refractivity contribution >= 4 is 17.5 Å². The monoisotopic (exact) mass is 353 g/mol. The molecular formula is C20H23N3O3. The quantitative estimate of drug-likeness (QED) is 0.891. The van der Waals surface area contributed by atoms with Crippen molar-refractivity contribution in [3.63, 3.8) is 0 Å². The first-order valence-corrected chi connectivity index (χ1v) is 8.70. The van der Waals surface area contributed by atoms with Gasteiger partial charge in [-0.2, -0.15) is 0 Å². The number of rotatable bonds is 5. The van der Waals surface area contributed by atoms with E-state index >= 15 is 0 Å². The Hall–Kier alpha value is -3.02. The van der Waals surface area contributed by atoms with E-state index in [9.17, 15) is 9.59 Å². The predicted molar refractivity (Wildman–Crippen MR) is 100 cm³/mol. The summed E-state index contributed by atoms with van der Waals surface area (Å²) in [5.74, 6) is 0.0208. The van der Waals surface area contributed by atoms with Gasteiger partial charge in [-0.15, -0.1) is 0 Å². The van der Waals surface area contributed by atoms with Crippen molar-refractivity contribution in [1.82, 2.24) is 4.90 Å². The van der Waals surface area contributed by atoms with E-state index in [2.05, 4.69) is 17.0 Å². The van der Waals surface area contributed by atoms with Crippen LogP contribution in [-0.2, 0) is 4.79 Å². The SMILES string of the molecule is CC(Oc1ccc(C(N)=O)cc1)C(=O)N1CCN(c2ccccc2)CC1. The lowest BCUT2D eigenvalue weighted by Crippen LogP contribution is -2.52. The summed E-state index contributed by atoms with van der Waals surface area (Å²) >= 11 is 0. The van der Waals surface area contributed by atoms with Crippen LogP contribution in [0.5, 0.6) is 5.75 Å². The Bertz CT molecular complexity index is 754. The topological polar surface area (TPSA) is 75.9 Å². The number of benzene rings is 2. The van der Waals surface area contributed by atoms with Gasteiger partial charge in [-0.05, 0) is 43.3 Å². The molecule has 2 N–H and O–H groups in total. The van der Waals surface area contributed by atoms with Gasteiger partial charge in [0.05, 0.1) is 0 Å². The Balaban J connectivity index is 1.53. The fourth-order valence-corrected chi connectivity index (χ4v) is 3.03. The van der Waals surface area contributed by atoms with Gasteiger partial charge in [-0.3, -0.25) is 9.59 Å². The van der Waals surface area contributed by atoms with E-state index in [-0.39, 0.29) is 5.91 Å². The molecule has 0 aliphatic carbocycles. The molecule has 26 heavy (non-hydrogen) atoms. The van der Waals surface area contributed by atoms with Crippen molar-refractivity contribution in [1.29, 1.82) is 0 Å². The Labute approximate surface area is 153 Å². The lowest BCUT2D eigenvalue weighted by Gasteiger charge is -2.37. The molecule has 1 heterocycles. The molecule has 0 radical (unpaired) electrons. The maximum absolute atomic E-state index is 12.6. The molecule has 6 nitrogen and oxygen atoms in total. The minimum atomic E-state index is -0.585. The van der Waals surface area contributed by atoms with Crippen molar-refractivity contribution in [2.24, 2.45) is 5.73 Å². The molecule has 6 heteroatoms. The molecule has 1 aliphatic rings. The fraction of sp³-hybridized carbons (Fsp3) is 0.300. The van der Waals surface area contributed by atoms with Crippen LogP contribution in [0.2, 0.25) is 0 Å². The molecule has 1 fully saturated rings. The van der Waals surface area contributed by atoms with Gasteiger partial charge >= 0.3 is 0 Å². The van der Waals surface area contributed by atoms with Crippen molar-refractivity contribution in [2.75, 3.05) is 31.1 Å². The molecule has 0 spiro atoms. The summed E-state index contributed by atoms with van der Waals surface area (Å²) in [5, 5.41) is 0. The Kier molecular flexibility index (Phi) is 5.41. The van der Waals surface area contributed by atoms with Gasteiger partial charge in [-0.25, -0.2) is 0 Å². The van der Waals surface area contributed by atoms with E-state index in [1.165, 1.54) is 5.69 Å². The zero-order chi connectivity index (χ0) is 18.5. The van der Waals surface area contributed by atoms with E-state index in [1.807, 2.05) is 23.1 Å². The largest absolute Gasteiger partial charge is 0.481 e. The number of anilines is 1. The summed E-state index contributed by atoms with van der Waals surface area (Å²) in [6, 6.07) is 16.7. The van der Waals surface area contributed by atoms with Crippen LogP contribution in [0.3, 0.4) is 0 Å². The molecule has 0 bridgehead atoms. The van der Waals surface area contributed by atoms with Gasteiger partial charge in [-0.1, -0.05) is 18.2 Å². The highest BCUT2D eigenvalue weighted by Gasteiger charge is 2.26. The lowest BCUT2D eigenvalue weighted by molar-refractivity contribution is -0.138. The third-order valence-electron chi connectivity index (χ3n) is 4.51. The molecule has 136 valence electrons. The zero-order valence-electron chi connectivity index (χ0n) is 14.8. The summed E-state index contributed by atoms with van der Waals surface area (Å²) in [5.41, 5.74) is 6.81. The number of carbonyl (C=O) groups is 2. The molecule has 0 aromatic heterocycles. The number of hydrogen-bond acceptors (Lipinski definition) is 4. The summed E-state index contributed by atoms with van der Waals surface area (Å²) in [6.45, 7) is 4.68. The second-order valence-electron chi connectivity index (χ2n) is 6.30. The number of para-hydroxylation sites is 1. The van der Waals surface area contributed by atoms with Gasteiger partial charge < -0.3 is 20.3 Å². The molecule has 1 saturated heterocycles. The first-order chi connectivity index (χ1) is 12.5. The molecule has 2 aromatic rings. The third-order valence-corrected chi connectivity index (χ3v) is 4.51. The second kappa shape index (κ2) is 7.91. The molecule has 2 amide bonds. The molecule has 1 aliphatic heterocycles. The number of hydrogen-bond donors (Lipinski definition) is 1. The van der Waals surface area contributed by atoms with Crippen molar-refractivity contribution in [3.8, 4) is 5.75 Å². The predicted octanol–water partition coefficient (Wildman–Crippen LogP) is 1.90. The normalized spacial score (nSPS) is 15.4. The van der Waals surface area contributed by atoms with Crippen LogP contribution in [0, 0.1) is 0 Å².